The predicted octanol–water partition coefficient (Wildman–Crippen LogP) is 1.14. The standard InChI is InChI=1S/C17H22N8O2S/c1-4-12(26)19-11-6-5-7-25(10(11)3)17-21-16(14(15(18)27)22-23-17)20-13-8-9(2)24-28-13/h4,8,10-11H,1,5-7H2,2-3H3,(H2,18,27)(H,19,26)(H,20,21,23)/t10-,11-/m1/s1. The minimum absolute atomic E-state index is 0.0454. The van der Waals surface area contributed by atoms with Crippen molar-refractivity contribution in [3.63, 3.8) is 0 Å². The Labute approximate surface area is 166 Å². The lowest BCUT2D eigenvalue weighted by molar-refractivity contribution is -0.117. The van der Waals surface area contributed by atoms with E-state index in [-0.39, 0.29) is 29.5 Å². The second-order valence-electron chi connectivity index (χ2n) is 6.53. The van der Waals surface area contributed by atoms with E-state index in [0.29, 0.717) is 17.5 Å². The van der Waals surface area contributed by atoms with Crippen LogP contribution in [0, 0.1) is 6.92 Å². The first kappa shape index (κ1) is 19.7. The van der Waals surface area contributed by atoms with Crippen LogP contribution in [0.1, 0.15) is 35.9 Å². The topological polar surface area (TPSA) is 139 Å². The number of nitrogens with two attached hydrogens (primary N) is 1. The molecule has 3 heterocycles. The van der Waals surface area contributed by atoms with Crippen LogP contribution in [0.5, 0.6) is 0 Å². The molecule has 3 rings (SSSR count). The van der Waals surface area contributed by atoms with Crippen molar-refractivity contribution in [2.24, 2.45) is 5.73 Å². The van der Waals surface area contributed by atoms with Crippen LogP contribution in [-0.2, 0) is 4.79 Å². The van der Waals surface area contributed by atoms with Crippen LogP contribution in [0.2, 0.25) is 0 Å². The van der Waals surface area contributed by atoms with E-state index >= 15 is 0 Å². The number of anilines is 3. The Morgan fingerprint density at radius 2 is 2.21 bits per heavy atom. The van der Waals surface area contributed by atoms with Crippen LogP contribution in [0.3, 0.4) is 0 Å². The Kier molecular flexibility index (Phi) is 5.83. The number of carbonyl (C=O) groups is 2. The Hall–Kier alpha value is -3.08. The summed E-state index contributed by atoms with van der Waals surface area (Å²) in [5.74, 6) is -0.354. The second-order valence-corrected chi connectivity index (χ2v) is 7.33. The average Bonchev–Trinajstić information content (AvgIpc) is 3.07. The number of amides is 2. The summed E-state index contributed by atoms with van der Waals surface area (Å²) in [6, 6.07) is 1.71. The quantitative estimate of drug-likeness (QED) is 0.611. The van der Waals surface area contributed by atoms with E-state index in [1.807, 2.05) is 24.8 Å². The van der Waals surface area contributed by atoms with Crippen molar-refractivity contribution in [1.29, 1.82) is 0 Å². The zero-order valence-electron chi connectivity index (χ0n) is 15.7. The highest BCUT2D eigenvalue weighted by Crippen LogP contribution is 2.26. The van der Waals surface area contributed by atoms with Crippen LogP contribution in [0.15, 0.2) is 18.7 Å². The van der Waals surface area contributed by atoms with E-state index in [1.54, 1.807) is 0 Å². The predicted molar refractivity (Wildman–Crippen MR) is 107 cm³/mol. The van der Waals surface area contributed by atoms with Gasteiger partial charge < -0.3 is 21.3 Å². The summed E-state index contributed by atoms with van der Waals surface area (Å²) in [6.07, 6.45) is 2.95. The summed E-state index contributed by atoms with van der Waals surface area (Å²) in [6.45, 7) is 8.05. The summed E-state index contributed by atoms with van der Waals surface area (Å²) >= 11 is 1.24. The van der Waals surface area contributed by atoms with Crippen molar-refractivity contribution in [3.8, 4) is 0 Å². The Bertz CT molecular complexity index is 899. The third-order valence-corrected chi connectivity index (χ3v) is 5.33. The number of aromatic nitrogens is 4. The molecule has 0 aliphatic carbocycles. The number of nitrogens with zero attached hydrogens (tertiary/aromatic N) is 5. The fourth-order valence-corrected chi connectivity index (χ4v) is 3.75. The van der Waals surface area contributed by atoms with Gasteiger partial charge in [-0.3, -0.25) is 9.59 Å². The van der Waals surface area contributed by atoms with Crippen molar-refractivity contribution in [3.05, 3.63) is 30.1 Å². The van der Waals surface area contributed by atoms with E-state index in [1.165, 1.54) is 17.6 Å². The Morgan fingerprint density at radius 1 is 1.43 bits per heavy atom. The maximum absolute atomic E-state index is 11.7. The number of rotatable bonds is 6. The molecule has 2 aromatic rings. The lowest BCUT2D eigenvalue weighted by Gasteiger charge is -2.39. The first-order chi connectivity index (χ1) is 13.4. The van der Waals surface area contributed by atoms with Crippen molar-refractivity contribution >= 4 is 40.1 Å². The number of hydrogen-bond donors (Lipinski definition) is 3. The summed E-state index contributed by atoms with van der Waals surface area (Å²) in [4.78, 5) is 29.9. The monoisotopic (exact) mass is 402 g/mol. The smallest absolute Gasteiger partial charge is 0.273 e. The molecule has 1 aliphatic rings. The molecule has 0 radical (unpaired) electrons. The lowest BCUT2D eigenvalue weighted by atomic mass is 9.97. The van der Waals surface area contributed by atoms with E-state index in [2.05, 4.69) is 36.8 Å². The second kappa shape index (κ2) is 8.30. The number of primary amides is 1. The van der Waals surface area contributed by atoms with Crippen LogP contribution in [-0.4, -0.2) is 50.0 Å². The minimum atomic E-state index is -0.724. The van der Waals surface area contributed by atoms with Crippen LogP contribution in [0.25, 0.3) is 0 Å². The minimum Gasteiger partial charge on any atom is -0.364 e. The normalized spacial score (nSPS) is 19.1. The summed E-state index contributed by atoms with van der Waals surface area (Å²) in [5, 5.41) is 14.8. The molecule has 2 aromatic heterocycles. The van der Waals surface area contributed by atoms with Gasteiger partial charge in [-0.15, -0.1) is 10.2 Å². The molecule has 10 nitrogen and oxygen atoms in total. The highest BCUT2D eigenvalue weighted by Gasteiger charge is 2.31. The molecular weight excluding hydrogens is 380 g/mol. The fourth-order valence-electron chi connectivity index (χ4n) is 3.09. The highest BCUT2D eigenvalue weighted by atomic mass is 32.1. The molecule has 2 amide bonds. The molecule has 28 heavy (non-hydrogen) atoms. The number of aryl methyl sites for hydroxylation is 1. The van der Waals surface area contributed by atoms with Gasteiger partial charge in [0.25, 0.3) is 5.91 Å². The zero-order chi connectivity index (χ0) is 20.3. The van der Waals surface area contributed by atoms with E-state index in [0.717, 1.165) is 18.5 Å². The molecule has 148 valence electrons. The summed E-state index contributed by atoms with van der Waals surface area (Å²) < 4.78 is 4.20. The Balaban J connectivity index is 1.88. The largest absolute Gasteiger partial charge is 0.364 e. The molecular formula is C17H22N8O2S. The number of carbonyl (C=O) groups excluding carboxylic acids is 2. The molecule has 0 unspecified atom stereocenters. The summed E-state index contributed by atoms with van der Waals surface area (Å²) in [5.41, 5.74) is 6.22. The lowest BCUT2D eigenvalue weighted by Crippen LogP contribution is -2.54. The molecule has 1 aliphatic heterocycles. The SMILES string of the molecule is C=CC(=O)N[C@@H]1CCCN(c2nnc(C(N)=O)c(Nc3cc(C)ns3)n2)[C@@H]1C. The Morgan fingerprint density at radius 3 is 2.86 bits per heavy atom. The molecule has 11 heteroatoms. The van der Waals surface area contributed by atoms with Gasteiger partial charge in [-0.05, 0) is 50.4 Å². The van der Waals surface area contributed by atoms with Gasteiger partial charge in [0.1, 0.15) is 5.00 Å². The number of piperidine rings is 1. The van der Waals surface area contributed by atoms with Crippen LogP contribution in [0.4, 0.5) is 16.8 Å². The van der Waals surface area contributed by atoms with Gasteiger partial charge in [0.15, 0.2) is 11.5 Å². The van der Waals surface area contributed by atoms with Gasteiger partial charge in [-0.1, -0.05) is 6.58 Å². The molecule has 4 N–H and O–H groups in total. The highest BCUT2D eigenvalue weighted by molar-refractivity contribution is 7.10. The number of nitrogens with one attached hydrogen (secondary N) is 2. The molecule has 0 bridgehead atoms. The molecule has 1 fully saturated rings. The van der Waals surface area contributed by atoms with E-state index in [9.17, 15) is 9.59 Å². The van der Waals surface area contributed by atoms with Gasteiger partial charge in [-0.2, -0.15) is 9.36 Å². The maximum Gasteiger partial charge on any atom is 0.273 e. The first-order valence-corrected chi connectivity index (χ1v) is 9.60. The van der Waals surface area contributed by atoms with Crippen molar-refractivity contribution < 1.29 is 9.59 Å². The van der Waals surface area contributed by atoms with Crippen molar-refractivity contribution in [2.45, 2.75) is 38.8 Å². The number of hydrogen-bond acceptors (Lipinski definition) is 9. The van der Waals surface area contributed by atoms with Crippen molar-refractivity contribution in [1.82, 2.24) is 24.9 Å². The van der Waals surface area contributed by atoms with Gasteiger partial charge in [0.2, 0.25) is 11.9 Å². The van der Waals surface area contributed by atoms with E-state index in [4.69, 9.17) is 5.73 Å². The average molecular weight is 402 g/mol. The molecule has 0 spiro atoms. The first-order valence-electron chi connectivity index (χ1n) is 8.83. The van der Waals surface area contributed by atoms with Crippen LogP contribution < -0.4 is 21.3 Å². The van der Waals surface area contributed by atoms with Gasteiger partial charge in [0, 0.05) is 18.6 Å². The molecule has 0 saturated carbocycles. The third-order valence-electron chi connectivity index (χ3n) is 4.54. The fraction of sp³-hybridized carbons (Fsp3) is 0.412. The zero-order valence-corrected chi connectivity index (χ0v) is 16.5. The van der Waals surface area contributed by atoms with Gasteiger partial charge in [0.05, 0.1) is 5.69 Å². The molecule has 2 atom stereocenters. The summed E-state index contributed by atoms with van der Waals surface area (Å²) in [7, 11) is 0. The van der Waals surface area contributed by atoms with Gasteiger partial charge in [-0.25, -0.2) is 0 Å². The maximum atomic E-state index is 11.7. The van der Waals surface area contributed by atoms with Gasteiger partial charge >= 0.3 is 0 Å². The van der Waals surface area contributed by atoms with E-state index < -0.39 is 5.91 Å². The molecule has 1 saturated heterocycles. The van der Waals surface area contributed by atoms with Crippen LogP contribution >= 0.6 is 11.5 Å². The van der Waals surface area contributed by atoms with Crippen molar-refractivity contribution in [2.75, 3.05) is 16.8 Å². The third kappa shape index (κ3) is 4.25. The molecule has 0 aromatic carbocycles.